The molecule has 0 atom stereocenters. The van der Waals surface area contributed by atoms with E-state index in [4.69, 9.17) is 10.5 Å². The van der Waals surface area contributed by atoms with Crippen LogP contribution in [0.1, 0.15) is 11.3 Å². The zero-order valence-electron chi connectivity index (χ0n) is 9.57. The molecule has 2 aromatic rings. The van der Waals surface area contributed by atoms with E-state index >= 15 is 0 Å². The second-order valence-corrected chi connectivity index (χ2v) is 3.72. The van der Waals surface area contributed by atoms with Gasteiger partial charge >= 0.3 is 0 Å². The van der Waals surface area contributed by atoms with Gasteiger partial charge in [0.25, 0.3) is 0 Å². The fourth-order valence-electron chi connectivity index (χ4n) is 1.37. The Balaban J connectivity index is 2.28. The van der Waals surface area contributed by atoms with Crippen molar-refractivity contribution >= 4 is 5.95 Å². The average molecular weight is 233 g/mol. The Labute approximate surface area is 98.3 Å². The first-order valence-corrected chi connectivity index (χ1v) is 5.10. The van der Waals surface area contributed by atoms with E-state index in [0.717, 1.165) is 0 Å². The van der Waals surface area contributed by atoms with Gasteiger partial charge in [-0.25, -0.2) is 9.37 Å². The maximum absolute atomic E-state index is 13.3. The first kappa shape index (κ1) is 11.3. The minimum absolute atomic E-state index is 0.132. The lowest BCUT2D eigenvalue weighted by Gasteiger charge is -2.06. The van der Waals surface area contributed by atoms with Crippen LogP contribution < -0.4 is 10.5 Å². The largest absolute Gasteiger partial charge is 0.439 e. The number of nitrogen functional groups attached to an aromatic ring is 1. The van der Waals surface area contributed by atoms with Crippen molar-refractivity contribution in [3.8, 4) is 11.6 Å². The molecule has 1 aromatic heterocycles. The summed E-state index contributed by atoms with van der Waals surface area (Å²) >= 11 is 0. The summed E-state index contributed by atoms with van der Waals surface area (Å²) in [6.07, 6.45) is 0. The van der Waals surface area contributed by atoms with E-state index in [2.05, 4.69) is 9.97 Å². The van der Waals surface area contributed by atoms with Crippen LogP contribution in [0.2, 0.25) is 0 Å². The van der Waals surface area contributed by atoms with Gasteiger partial charge in [0.05, 0.1) is 0 Å². The van der Waals surface area contributed by atoms with E-state index in [1.165, 1.54) is 6.07 Å². The number of hydrogen-bond acceptors (Lipinski definition) is 4. The van der Waals surface area contributed by atoms with Crippen LogP contribution in [-0.4, -0.2) is 9.97 Å². The van der Waals surface area contributed by atoms with Gasteiger partial charge in [-0.05, 0) is 25.5 Å². The summed E-state index contributed by atoms with van der Waals surface area (Å²) in [5.41, 5.74) is 6.75. The van der Waals surface area contributed by atoms with Crippen molar-refractivity contribution in [3.63, 3.8) is 0 Å². The molecule has 0 saturated carbocycles. The number of anilines is 1. The van der Waals surface area contributed by atoms with Crippen LogP contribution in [0.25, 0.3) is 0 Å². The number of nitrogens with zero attached hydrogens (tertiary/aromatic N) is 2. The lowest BCUT2D eigenvalue weighted by Crippen LogP contribution is -1.99. The molecule has 5 heteroatoms. The Kier molecular flexibility index (Phi) is 2.91. The van der Waals surface area contributed by atoms with E-state index in [1.807, 2.05) is 0 Å². The summed E-state index contributed by atoms with van der Waals surface area (Å²) < 4.78 is 18.7. The van der Waals surface area contributed by atoms with Gasteiger partial charge in [-0.2, -0.15) is 4.98 Å². The molecule has 0 amide bonds. The summed E-state index contributed by atoms with van der Waals surface area (Å²) in [5, 5.41) is 0. The summed E-state index contributed by atoms with van der Waals surface area (Å²) in [4.78, 5) is 7.82. The van der Waals surface area contributed by atoms with Gasteiger partial charge in [0.2, 0.25) is 11.8 Å². The van der Waals surface area contributed by atoms with Gasteiger partial charge in [-0.15, -0.1) is 0 Å². The van der Waals surface area contributed by atoms with Gasteiger partial charge in [0.15, 0.2) is 0 Å². The first-order valence-electron chi connectivity index (χ1n) is 5.10. The number of ether oxygens (including phenoxy) is 1. The monoisotopic (exact) mass is 233 g/mol. The van der Waals surface area contributed by atoms with E-state index in [1.54, 1.807) is 32.0 Å². The van der Waals surface area contributed by atoms with Crippen LogP contribution in [0, 0.1) is 19.7 Å². The Morgan fingerprint density at radius 2 is 1.94 bits per heavy atom. The van der Waals surface area contributed by atoms with Crippen LogP contribution in [0.5, 0.6) is 11.6 Å². The van der Waals surface area contributed by atoms with Crippen LogP contribution >= 0.6 is 0 Å². The van der Waals surface area contributed by atoms with Gasteiger partial charge in [0.1, 0.15) is 11.6 Å². The second-order valence-electron chi connectivity index (χ2n) is 3.72. The molecule has 2 N–H and O–H groups in total. The topological polar surface area (TPSA) is 61.0 Å². The average Bonchev–Trinajstić information content (AvgIpc) is 2.22. The molecule has 0 spiro atoms. The lowest BCUT2D eigenvalue weighted by molar-refractivity contribution is 0.456. The second kappa shape index (κ2) is 4.37. The molecule has 0 aliphatic heterocycles. The van der Waals surface area contributed by atoms with Crippen LogP contribution in [-0.2, 0) is 0 Å². The molecule has 0 radical (unpaired) electrons. The zero-order valence-corrected chi connectivity index (χ0v) is 9.57. The van der Waals surface area contributed by atoms with Crippen LogP contribution in [0.15, 0.2) is 24.3 Å². The summed E-state index contributed by atoms with van der Waals surface area (Å²) in [5.74, 6) is 0.498. The molecule has 1 heterocycles. The number of aromatic nitrogens is 2. The molecule has 88 valence electrons. The first-order chi connectivity index (χ1) is 8.04. The molecule has 0 saturated heterocycles. The van der Waals surface area contributed by atoms with E-state index in [-0.39, 0.29) is 11.8 Å². The third kappa shape index (κ3) is 2.69. The molecule has 4 nitrogen and oxygen atoms in total. The number of rotatable bonds is 2. The van der Waals surface area contributed by atoms with Crippen molar-refractivity contribution in [3.05, 3.63) is 41.3 Å². The van der Waals surface area contributed by atoms with Crippen molar-refractivity contribution in [2.75, 3.05) is 5.73 Å². The predicted molar refractivity (Wildman–Crippen MR) is 62.4 cm³/mol. The van der Waals surface area contributed by atoms with Crippen molar-refractivity contribution in [2.24, 2.45) is 0 Å². The maximum Gasteiger partial charge on any atom is 0.224 e. The zero-order chi connectivity index (χ0) is 12.4. The molecule has 0 fully saturated rings. The van der Waals surface area contributed by atoms with Gasteiger partial charge in [-0.3, -0.25) is 0 Å². The maximum atomic E-state index is 13.3. The summed E-state index contributed by atoms with van der Waals surface area (Å²) in [6, 6.07) is 6.26. The van der Waals surface area contributed by atoms with Gasteiger partial charge in [0, 0.05) is 17.8 Å². The van der Waals surface area contributed by atoms with E-state index < -0.39 is 0 Å². The minimum Gasteiger partial charge on any atom is -0.439 e. The molecule has 0 aliphatic rings. The van der Waals surface area contributed by atoms with E-state index in [9.17, 15) is 4.39 Å². The van der Waals surface area contributed by atoms with Crippen molar-refractivity contribution in [1.82, 2.24) is 9.97 Å². The summed E-state index contributed by atoms with van der Waals surface area (Å²) in [7, 11) is 0. The molecule has 1 aromatic carbocycles. The SMILES string of the molecule is Cc1cc(Oc2ccc(C)c(F)c2)nc(N)n1. The van der Waals surface area contributed by atoms with Gasteiger partial charge < -0.3 is 10.5 Å². The fraction of sp³-hybridized carbons (Fsp3) is 0.167. The van der Waals surface area contributed by atoms with Crippen LogP contribution in [0.3, 0.4) is 0 Å². The number of aryl methyl sites for hydroxylation is 2. The molecular weight excluding hydrogens is 221 g/mol. The third-order valence-electron chi connectivity index (χ3n) is 2.21. The summed E-state index contributed by atoms with van der Waals surface area (Å²) in [6.45, 7) is 3.46. The highest BCUT2D eigenvalue weighted by Crippen LogP contribution is 2.22. The Morgan fingerprint density at radius 3 is 2.59 bits per heavy atom. The molecule has 2 rings (SSSR count). The van der Waals surface area contributed by atoms with Crippen LogP contribution in [0.4, 0.5) is 10.3 Å². The number of hydrogen-bond donors (Lipinski definition) is 1. The number of halogens is 1. The molecule has 0 aliphatic carbocycles. The molecule has 17 heavy (non-hydrogen) atoms. The quantitative estimate of drug-likeness (QED) is 0.866. The normalized spacial score (nSPS) is 10.3. The lowest BCUT2D eigenvalue weighted by atomic mass is 10.2. The highest BCUT2D eigenvalue weighted by atomic mass is 19.1. The van der Waals surface area contributed by atoms with Crippen molar-refractivity contribution in [2.45, 2.75) is 13.8 Å². The van der Waals surface area contributed by atoms with Crippen molar-refractivity contribution in [1.29, 1.82) is 0 Å². The predicted octanol–water partition coefficient (Wildman–Crippen LogP) is 2.61. The van der Waals surface area contributed by atoms with Gasteiger partial charge in [-0.1, -0.05) is 6.07 Å². The standard InChI is InChI=1S/C12H12FN3O/c1-7-3-4-9(6-10(7)13)17-11-5-8(2)15-12(14)16-11/h3-6H,1-2H3,(H2,14,15,16). The Morgan fingerprint density at radius 1 is 1.18 bits per heavy atom. The Hall–Kier alpha value is -2.17. The number of nitrogens with two attached hydrogens (primary N) is 1. The molecular formula is C12H12FN3O. The Bertz CT molecular complexity index is 537. The fourth-order valence-corrected chi connectivity index (χ4v) is 1.37. The molecule has 0 bridgehead atoms. The van der Waals surface area contributed by atoms with Crippen molar-refractivity contribution < 1.29 is 9.13 Å². The third-order valence-corrected chi connectivity index (χ3v) is 2.21. The molecule has 0 unspecified atom stereocenters. The smallest absolute Gasteiger partial charge is 0.224 e. The van der Waals surface area contributed by atoms with E-state index in [0.29, 0.717) is 22.9 Å². The highest BCUT2D eigenvalue weighted by molar-refractivity contribution is 5.33. The highest BCUT2D eigenvalue weighted by Gasteiger charge is 2.04. The minimum atomic E-state index is -0.318. The number of benzene rings is 1.